The Morgan fingerprint density at radius 1 is 1.08 bits per heavy atom. The predicted molar refractivity (Wildman–Crippen MR) is 98.9 cm³/mol. The van der Waals surface area contributed by atoms with Gasteiger partial charge in [-0.25, -0.2) is 5.01 Å². The summed E-state index contributed by atoms with van der Waals surface area (Å²) in [6, 6.07) is 20.0. The van der Waals surface area contributed by atoms with Crippen LogP contribution in [0, 0.1) is 0 Å². The van der Waals surface area contributed by atoms with Crippen LogP contribution in [0.25, 0.3) is 0 Å². The van der Waals surface area contributed by atoms with E-state index >= 15 is 0 Å². The fraction of sp³-hybridized carbons (Fsp3) is 0.100. The first-order valence-corrected chi connectivity index (χ1v) is 8.89. The standard InChI is InChI=1S/C20H16N2O2S/c23-16-9-4-8-15(12-16)18-13-17(19-10-5-11-25-19)21-22(18)20(24)14-6-2-1-3-7-14/h1-12,18,23H,13H2/t18-/m0/s1. The van der Waals surface area contributed by atoms with Crippen molar-refractivity contribution in [2.24, 2.45) is 5.10 Å². The van der Waals surface area contributed by atoms with Crippen LogP contribution in [0.1, 0.15) is 33.3 Å². The minimum absolute atomic E-state index is 0.138. The lowest BCUT2D eigenvalue weighted by molar-refractivity contribution is 0.0711. The molecular formula is C20H16N2O2S. The van der Waals surface area contributed by atoms with E-state index in [1.54, 1.807) is 46.7 Å². The van der Waals surface area contributed by atoms with E-state index in [4.69, 9.17) is 0 Å². The lowest BCUT2D eigenvalue weighted by Gasteiger charge is -2.22. The van der Waals surface area contributed by atoms with E-state index in [1.807, 2.05) is 41.8 Å². The Morgan fingerprint density at radius 2 is 1.92 bits per heavy atom. The topological polar surface area (TPSA) is 52.9 Å². The van der Waals surface area contributed by atoms with Crippen molar-refractivity contribution in [2.45, 2.75) is 12.5 Å². The van der Waals surface area contributed by atoms with Gasteiger partial charge in [-0.15, -0.1) is 11.3 Å². The molecule has 4 nitrogen and oxygen atoms in total. The number of benzene rings is 2. The number of phenolic OH excluding ortho intramolecular Hbond substituents is 1. The average Bonchev–Trinajstić information content (AvgIpc) is 3.31. The van der Waals surface area contributed by atoms with Gasteiger partial charge in [0.05, 0.1) is 16.6 Å². The highest BCUT2D eigenvalue weighted by Crippen LogP contribution is 2.35. The van der Waals surface area contributed by atoms with E-state index in [2.05, 4.69) is 5.10 Å². The number of thiophene rings is 1. The minimum atomic E-state index is -0.225. The highest BCUT2D eigenvalue weighted by molar-refractivity contribution is 7.12. The number of carbonyl (C=O) groups is 1. The summed E-state index contributed by atoms with van der Waals surface area (Å²) in [4.78, 5) is 14.1. The van der Waals surface area contributed by atoms with E-state index in [-0.39, 0.29) is 17.7 Å². The first-order valence-electron chi connectivity index (χ1n) is 8.01. The van der Waals surface area contributed by atoms with Crippen molar-refractivity contribution in [1.29, 1.82) is 0 Å². The zero-order valence-electron chi connectivity index (χ0n) is 13.4. The van der Waals surface area contributed by atoms with E-state index < -0.39 is 0 Å². The summed E-state index contributed by atoms with van der Waals surface area (Å²) in [7, 11) is 0. The van der Waals surface area contributed by atoms with E-state index in [9.17, 15) is 9.90 Å². The number of aromatic hydroxyl groups is 1. The summed E-state index contributed by atoms with van der Waals surface area (Å²) in [5.74, 6) is 0.0506. The molecule has 0 aliphatic carbocycles. The van der Waals surface area contributed by atoms with Crippen LogP contribution in [-0.4, -0.2) is 21.7 Å². The van der Waals surface area contributed by atoms with Crippen LogP contribution in [0.2, 0.25) is 0 Å². The molecule has 0 unspecified atom stereocenters. The SMILES string of the molecule is O=C(c1ccccc1)N1N=C(c2cccs2)C[C@H]1c1cccc(O)c1. The van der Waals surface area contributed by atoms with Crippen LogP contribution in [0.4, 0.5) is 0 Å². The molecule has 124 valence electrons. The Balaban J connectivity index is 1.74. The van der Waals surface area contributed by atoms with Gasteiger partial charge in [-0.05, 0) is 41.3 Å². The number of nitrogens with zero attached hydrogens (tertiary/aromatic N) is 2. The molecule has 4 rings (SSSR count). The lowest BCUT2D eigenvalue weighted by Crippen LogP contribution is -2.27. The number of amides is 1. The molecule has 5 heteroatoms. The fourth-order valence-corrected chi connectivity index (χ4v) is 3.71. The monoisotopic (exact) mass is 348 g/mol. The maximum atomic E-state index is 13.0. The molecule has 1 aliphatic heterocycles. The van der Waals surface area contributed by atoms with E-state index in [0.717, 1.165) is 16.2 Å². The number of rotatable bonds is 3. The third-order valence-electron chi connectivity index (χ3n) is 4.20. The molecule has 1 amide bonds. The molecule has 1 N–H and O–H groups in total. The quantitative estimate of drug-likeness (QED) is 0.760. The van der Waals surface area contributed by atoms with Gasteiger partial charge >= 0.3 is 0 Å². The van der Waals surface area contributed by atoms with Gasteiger partial charge in [0.2, 0.25) is 0 Å². The number of phenols is 1. The molecule has 1 atom stereocenters. The van der Waals surface area contributed by atoms with Crippen molar-refractivity contribution in [3.05, 3.63) is 88.1 Å². The van der Waals surface area contributed by atoms with Gasteiger partial charge in [0.25, 0.3) is 5.91 Å². The molecule has 0 fully saturated rings. The van der Waals surface area contributed by atoms with Crippen LogP contribution in [0.3, 0.4) is 0 Å². The van der Waals surface area contributed by atoms with Gasteiger partial charge in [-0.1, -0.05) is 36.4 Å². The van der Waals surface area contributed by atoms with Crippen LogP contribution < -0.4 is 0 Å². The number of hydrazone groups is 1. The summed E-state index contributed by atoms with van der Waals surface area (Å²) in [6.07, 6.45) is 0.628. The summed E-state index contributed by atoms with van der Waals surface area (Å²) < 4.78 is 0. The highest BCUT2D eigenvalue weighted by Gasteiger charge is 2.34. The van der Waals surface area contributed by atoms with Gasteiger partial charge in [0.15, 0.2) is 0 Å². The molecule has 0 radical (unpaired) electrons. The van der Waals surface area contributed by atoms with Crippen LogP contribution in [0.15, 0.2) is 77.2 Å². The van der Waals surface area contributed by atoms with Crippen molar-refractivity contribution in [1.82, 2.24) is 5.01 Å². The molecule has 2 heterocycles. The first kappa shape index (κ1) is 15.6. The van der Waals surface area contributed by atoms with Gasteiger partial charge in [0.1, 0.15) is 5.75 Å². The largest absolute Gasteiger partial charge is 0.508 e. The van der Waals surface area contributed by atoms with Gasteiger partial charge in [-0.3, -0.25) is 4.79 Å². The second kappa shape index (κ2) is 6.53. The van der Waals surface area contributed by atoms with Crippen LogP contribution in [0.5, 0.6) is 5.75 Å². The van der Waals surface area contributed by atoms with Gasteiger partial charge < -0.3 is 5.11 Å². The first-order chi connectivity index (χ1) is 12.2. The van der Waals surface area contributed by atoms with E-state index in [0.29, 0.717) is 12.0 Å². The fourth-order valence-electron chi connectivity index (χ4n) is 2.99. The second-order valence-electron chi connectivity index (χ2n) is 5.85. The molecule has 1 aromatic heterocycles. The zero-order valence-corrected chi connectivity index (χ0v) is 14.2. The van der Waals surface area contributed by atoms with Crippen molar-refractivity contribution in [2.75, 3.05) is 0 Å². The molecule has 2 aromatic carbocycles. The minimum Gasteiger partial charge on any atom is -0.508 e. The third-order valence-corrected chi connectivity index (χ3v) is 5.12. The summed E-state index contributed by atoms with van der Waals surface area (Å²) in [6.45, 7) is 0. The average molecular weight is 348 g/mol. The Bertz CT molecular complexity index is 920. The molecule has 25 heavy (non-hydrogen) atoms. The predicted octanol–water partition coefficient (Wildman–Crippen LogP) is 4.45. The van der Waals surface area contributed by atoms with Crippen molar-refractivity contribution in [3.8, 4) is 5.75 Å². The number of hydrogen-bond donors (Lipinski definition) is 1. The molecule has 0 spiro atoms. The summed E-state index contributed by atoms with van der Waals surface area (Å²) in [5.41, 5.74) is 2.37. The molecular weight excluding hydrogens is 332 g/mol. The van der Waals surface area contributed by atoms with Crippen molar-refractivity contribution in [3.63, 3.8) is 0 Å². The lowest BCUT2D eigenvalue weighted by atomic mass is 10.0. The van der Waals surface area contributed by atoms with Crippen LogP contribution in [-0.2, 0) is 0 Å². The highest BCUT2D eigenvalue weighted by atomic mass is 32.1. The normalized spacial score (nSPS) is 16.7. The smallest absolute Gasteiger partial charge is 0.274 e. The van der Waals surface area contributed by atoms with Crippen LogP contribution >= 0.6 is 11.3 Å². The van der Waals surface area contributed by atoms with Gasteiger partial charge in [-0.2, -0.15) is 5.10 Å². The third kappa shape index (κ3) is 3.06. The summed E-state index contributed by atoms with van der Waals surface area (Å²) in [5, 5.41) is 18.0. The second-order valence-corrected chi connectivity index (χ2v) is 6.80. The Labute approximate surface area is 149 Å². The van der Waals surface area contributed by atoms with E-state index in [1.165, 1.54) is 0 Å². The molecule has 3 aromatic rings. The Hall–Kier alpha value is -2.92. The summed E-state index contributed by atoms with van der Waals surface area (Å²) >= 11 is 1.61. The number of carbonyl (C=O) groups excluding carboxylic acids is 1. The molecule has 0 saturated carbocycles. The maximum absolute atomic E-state index is 13.0. The number of hydrogen-bond acceptors (Lipinski definition) is 4. The van der Waals surface area contributed by atoms with Crippen molar-refractivity contribution >= 4 is 23.0 Å². The van der Waals surface area contributed by atoms with Crippen molar-refractivity contribution < 1.29 is 9.90 Å². The molecule has 1 aliphatic rings. The molecule has 0 bridgehead atoms. The maximum Gasteiger partial charge on any atom is 0.274 e. The zero-order chi connectivity index (χ0) is 17.2. The molecule has 0 saturated heterocycles. The van der Waals surface area contributed by atoms with Gasteiger partial charge in [0, 0.05) is 12.0 Å². The Kier molecular flexibility index (Phi) is 4.07. The Morgan fingerprint density at radius 3 is 2.64 bits per heavy atom.